The molecule has 0 aromatic heterocycles. The van der Waals surface area contributed by atoms with E-state index in [9.17, 15) is 4.39 Å². The normalized spacial score (nSPS) is 11.7. The summed E-state index contributed by atoms with van der Waals surface area (Å²) in [6.07, 6.45) is 0.422. The van der Waals surface area contributed by atoms with E-state index in [-0.39, 0.29) is 30.8 Å². The molecule has 1 atom stereocenters. The summed E-state index contributed by atoms with van der Waals surface area (Å²) < 4.78 is 18.0. The van der Waals surface area contributed by atoms with Gasteiger partial charge in [-0.05, 0) is 24.1 Å². The van der Waals surface area contributed by atoms with E-state index < -0.39 is 5.82 Å². The molecule has 3 nitrogen and oxygen atoms in total. The van der Waals surface area contributed by atoms with E-state index in [1.165, 1.54) is 19.2 Å². The third-order valence-corrected chi connectivity index (χ3v) is 2.04. The Morgan fingerprint density at radius 2 is 2.20 bits per heavy atom. The fourth-order valence-corrected chi connectivity index (χ4v) is 1.22. The first-order valence-corrected chi connectivity index (χ1v) is 4.39. The van der Waals surface area contributed by atoms with Gasteiger partial charge < -0.3 is 15.6 Å². The Kier molecular flexibility index (Phi) is 6.24. The SMILES string of the molecule is COc1ccc([C@@H](N)CCO)cc1F.Cl. The van der Waals surface area contributed by atoms with E-state index in [1.54, 1.807) is 6.07 Å². The summed E-state index contributed by atoms with van der Waals surface area (Å²) in [6, 6.07) is 4.23. The molecular formula is C10H15ClFNO2. The minimum absolute atomic E-state index is 0. The number of aliphatic hydroxyl groups is 1. The fraction of sp³-hybridized carbons (Fsp3) is 0.400. The van der Waals surface area contributed by atoms with Gasteiger partial charge in [0.15, 0.2) is 11.6 Å². The van der Waals surface area contributed by atoms with Crippen LogP contribution in [0.25, 0.3) is 0 Å². The number of methoxy groups -OCH3 is 1. The summed E-state index contributed by atoms with van der Waals surface area (Å²) in [7, 11) is 1.41. The van der Waals surface area contributed by atoms with E-state index in [4.69, 9.17) is 15.6 Å². The lowest BCUT2D eigenvalue weighted by atomic mass is 10.0. The Morgan fingerprint density at radius 1 is 1.53 bits per heavy atom. The first-order chi connectivity index (χ1) is 6.69. The molecule has 0 radical (unpaired) electrons. The van der Waals surface area contributed by atoms with Crippen molar-refractivity contribution in [3.8, 4) is 5.75 Å². The molecule has 0 heterocycles. The van der Waals surface area contributed by atoms with E-state index in [2.05, 4.69) is 0 Å². The van der Waals surface area contributed by atoms with Crippen molar-refractivity contribution >= 4 is 12.4 Å². The Balaban J connectivity index is 0.00000196. The highest BCUT2D eigenvalue weighted by Crippen LogP contribution is 2.21. The summed E-state index contributed by atoms with van der Waals surface area (Å²) in [5, 5.41) is 8.67. The summed E-state index contributed by atoms with van der Waals surface area (Å²) in [4.78, 5) is 0. The summed E-state index contributed by atoms with van der Waals surface area (Å²) >= 11 is 0. The Labute approximate surface area is 94.5 Å². The Bertz CT molecular complexity index is 309. The maximum atomic E-state index is 13.2. The largest absolute Gasteiger partial charge is 0.494 e. The molecular weight excluding hydrogens is 221 g/mol. The van der Waals surface area contributed by atoms with Crippen LogP contribution in [-0.4, -0.2) is 18.8 Å². The van der Waals surface area contributed by atoms with Crippen LogP contribution in [0.15, 0.2) is 18.2 Å². The zero-order valence-corrected chi connectivity index (χ0v) is 9.26. The number of nitrogens with two attached hydrogens (primary N) is 1. The van der Waals surface area contributed by atoms with Gasteiger partial charge >= 0.3 is 0 Å². The van der Waals surface area contributed by atoms with Gasteiger partial charge in [-0.1, -0.05) is 6.07 Å². The molecule has 86 valence electrons. The van der Waals surface area contributed by atoms with Gasteiger partial charge in [0.25, 0.3) is 0 Å². The van der Waals surface area contributed by atoms with Crippen LogP contribution in [0.2, 0.25) is 0 Å². The summed E-state index contributed by atoms with van der Waals surface area (Å²) in [6.45, 7) is -0.00514. The lowest BCUT2D eigenvalue weighted by Gasteiger charge is -2.11. The topological polar surface area (TPSA) is 55.5 Å². The van der Waals surface area contributed by atoms with Crippen LogP contribution in [-0.2, 0) is 0 Å². The van der Waals surface area contributed by atoms with Crippen molar-refractivity contribution in [3.63, 3.8) is 0 Å². The lowest BCUT2D eigenvalue weighted by Crippen LogP contribution is -2.12. The van der Waals surface area contributed by atoms with Crippen molar-refractivity contribution in [2.24, 2.45) is 5.73 Å². The van der Waals surface area contributed by atoms with Gasteiger partial charge in [0.1, 0.15) is 0 Å². The second-order valence-electron chi connectivity index (χ2n) is 3.01. The third kappa shape index (κ3) is 3.66. The molecule has 1 rings (SSSR count). The van der Waals surface area contributed by atoms with Gasteiger partial charge in [0, 0.05) is 12.6 Å². The maximum Gasteiger partial charge on any atom is 0.165 e. The van der Waals surface area contributed by atoms with E-state index >= 15 is 0 Å². The second-order valence-corrected chi connectivity index (χ2v) is 3.01. The van der Waals surface area contributed by atoms with Gasteiger partial charge in [-0.3, -0.25) is 0 Å². The number of aliphatic hydroxyl groups excluding tert-OH is 1. The zero-order valence-electron chi connectivity index (χ0n) is 8.44. The predicted octanol–water partition coefficient (Wildman–Crippen LogP) is 1.64. The van der Waals surface area contributed by atoms with Crippen LogP contribution < -0.4 is 10.5 Å². The number of rotatable bonds is 4. The van der Waals surface area contributed by atoms with Crippen LogP contribution in [0, 0.1) is 5.82 Å². The predicted molar refractivity (Wildman–Crippen MR) is 58.8 cm³/mol. The van der Waals surface area contributed by atoms with Crippen molar-refractivity contribution in [1.29, 1.82) is 0 Å². The zero-order chi connectivity index (χ0) is 10.6. The van der Waals surface area contributed by atoms with Crippen molar-refractivity contribution in [2.45, 2.75) is 12.5 Å². The molecule has 1 aromatic carbocycles. The van der Waals surface area contributed by atoms with Gasteiger partial charge in [-0.2, -0.15) is 0 Å². The summed E-state index contributed by atoms with van der Waals surface area (Å²) in [5.41, 5.74) is 6.36. The number of ether oxygens (including phenoxy) is 1. The van der Waals surface area contributed by atoms with Crippen LogP contribution in [0.4, 0.5) is 4.39 Å². The maximum absolute atomic E-state index is 13.2. The van der Waals surface area contributed by atoms with Crippen LogP contribution >= 0.6 is 12.4 Å². The standard InChI is InChI=1S/C10H14FNO2.ClH/c1-14-10-3-2-7(6-8(10)11)9(12)4-5-13;/h2-3,6,9,13H,4-5,12H2,1H3;1H/t9-;/m0./s1. The highest BCUT2D eigenvalue weighted by molar-refractivity contribution is 5.85. The molecule has 0 fully saturated rings. The molecule has 0 unspecified atom stereocenters. The fourth-order valence-electron chi connectivity index (χ4n) is 1.22. The molecule has 0 aliphatic heterocycles. The number of benzene rings is 1. The molecule has 5 heteroatoms. The number of halogens is 2. The second kappa shape index (κ2) is 6.61. The lowest BCUT2D eigenvalue weighted by molar-refractivity contribution is 0.276. The van der Waals surface area contributed by atoms with Crippen LogP contribution in [0.3, 0.4) is 0 Å². The monoisotopic (exact) mass is 235 g/mol. The molecule has 0 saturated carbocycles. The molecule has 0 saturated heterocycles. The summed E-state index contributed by atoms with van der Waals surface area (Å²) in [5.74, 6) is -0.233. The molecule has 15 heavy (non-hydrogen) atoms. The quantitative estimate of drug-likeness (QED) is 0.834. The number of hydrogen-bond acceptors (Lipinski definition) is 3. The molecule has 0 aliphatic rings. The molecule has 0 amide bonds. The van der Waals surface area contributed by atoms with Gasteiger partial charge in [0.2, 0.25) is 0 Å². The minimum Gasteiger partial charge on any atom is -0.494 e. The van der Waals surface area contributed by atoms with E-state index in [0.29, 0.717) is 12.0 Å². The number of hydrogen-bond donors (Lipinski definition) is 2. The molecule has 3 N–H and O–H groups in total. The average molecular weight is 236 g/mol. The highest BCUT2D eigenvalue weighted by Gasteiger charge is 2.09. The first-order valence-electron chi connectivity index (χ1n) is 4.39. The Hall–Kier alpha value is -0.840. The van der Waals surface area contributed by atoms with Crippen molar-refractivity contribution in [3.05, 3.63) is 29.6 Å². The van der Waals surface area contributed by atoms with Crippen LogP contribution in [0.1, 0.15) is 18.0 Å². The Morgan fingerprint density at radius 3 is 2.67 bits per heavy atom. The molecule has 0 bridgehead atoms. The highest BCUT2D eigenvalue weighted by atomic mass is 35.5. The average Bonchev–Trinajstić information content (AvgIpc) is 2.18. The van der Waals surface area contributed by atoms with Crippen molar-refractivity contribution < 1.29 is 14.2 Å². The van der Waals surface area contributed by atoms with Gasteiger partial charge in [-0.15, -0.1) is 12.4 Å². The van der Waals surface area contributed by atoms with Crippen molar-refractivity contribution in [1.82, 2.24) is 0 Å². The van der Waals surface area contributed by atoms with Gasteiger partial charge in [0.05, 0.1) is 7.11 Å². The minimum atomic E-state index is -0.432. The third-order valence-electron chi connectivity index (χ3n) is 2.04. The van der Waals surface area contributed by atoms with E-state index in [0.717, 1.165) is 0 Å². The van der Waals surface area contributed by atoms with Crippen molar-refractivity contribution in [2.75, 3.05) is 13.7 Å². The van der Waals surface area contributed by atoms with E-state index in [1.807, 2.05) is 0 Å². The smallest absolute Gasteiger partial charge is 0.165 e. The molecule has 0 spiro atoms. The van der Waals surface area contributed by atoms with Crippen LogP contribution in [0.5, 0.6) is 5.75 Å². The van der Waals surface area contributed by atoms with Gasteiger partial charge in [-0.25, -0.2) is 4.39 Å². The molecule has 1 aromatic rings. The first kappa shape index (κ1) is 14.2. The molecule has 0 aliphatic carbocycles.